The van der Waals surface area contributed by atoms with E-state index >= 15 is 0 Å². The number of hydrogen-bond acceptors (Lipinski definition) is 2. The minimum atomic E-state index is -0.0121. The van der Waals surface area contributed by atoms with Crippen LogP contribution >= 0.6 is 0 Å². The zero-order valence-corrected chi connectivity index (χ0v) is 13.4. The minimum Gasteiger partial charge on any atom is -0.354 e. The number of nitrogens with one attached hydrogen (secondary N) is 2. The molecular formula is C16H30N2O2. The smallest absolute Gasteiger partial charge is 0.222 e. The van der Waals surface area contributed by atoms with Crippen LogP contribution in [0, 0.1) is 17.8 Å². The first-order chi connectivity index (χ1) is 9.41. The van der Waals surface area contributed by atoms with Crippen molar-refractivity contribution in [3.63, 3.8) is 0 Å². The van der Waals surface area contributed by atoms with Crippen molar-refractivity contribution in [2.24, 2.45) is 17.8 Å². The Bertz CT molecular complexity index is 320. The molecule has 1 aliphatic carbocycles. The second-order valence-electron chi connectivity index (χ2n) is 6.57. The van der Waals surface area contributed by atoms with E-state index in [1.807, 2.05) is 27.7 Å². The largest absolute Gasteiger partial charge is 0.354 e. The van der Waals surface area contributed by atoms with E-state index in [0.717, 1.165) is 12.8 Å². The van der Waals surface area contributed by atoms with Crippen LogP contribution in [0.1, 0.15) is 59.8 Å². The summed E-state index contributed by atoms with van der Waals surface area (Å²) in [6.07, 6.45) is 6.06. The Balaban J connectivity index is 2.58. The SMILES string of the molecule is CC(C)C(=O)NC[C@H](NC(=O)C(C)C)C1CCCCC1. The van der Waals surface area contributed by atoms with Crippen LogP contribution in [0.25, 0.3) is 0 Å². The van der Waals surface area contributed by atoms with Gasteiger partial charge in [-0.05, 0) is 18.8 Å². The molecule has 0 unspecified atom stereocenters. The van der Waals surface area contributed by atoms with E-state index in [1.54, 1.807) is 0 Å². The first-order valence-corrected chi connectivity index (χ1v) is 8.00. The van der Waals surface area contributed by atoms with Crippen LogP contribution in [0.4, 0.5) is 0 Å². The molecule has 116 valence electrons. The van der Waals surface area contributed by atoms with E-state index in [0.29, 0.717) is 12.5 Å². The lowest BCUT2D eigenvalue weighted by Gasteiger charge is -2.31. The maximum absolute atomic E-state index is 12.0. The third kappa shape index (κ3) is 5.51. The third-order valence-corrected chi connectivity index (χ3v) is 4.09. The summed E-state index contributed by atoms with van der Waals surface area (Å²) in [7, 11) is 0. The van der Waals surface area contributed by atoms with Gasteiger partial charge in [0.25, 0.3) is 0 Å². The normalized spacial score (nSPS) is 18.1. The molecule has 1 rings (SSSR count). The third-order valence-electron chi connectivity index (χ3n) is 4.09. The van der Waals surface area contributed by atoms with Gasteiger partial charge in [0, 0.05) is 24.4 Å². The summed E-state index contributed by atoms with van der Waals surface area (Å²) < 4.78 is 0. The quantitative estimate of drug-likeness (QED) is 0.786. The second kappa shape index (κ2) is 8.28. The van der Waals surface area contributed by atoms with Crippen molar-refractivity contribution in [1.29, 1.82) is 0 Å². The van der Waals surface area contributed by atoms with E-state index in [4.69, 9.17) is 0 Å². The van der Waals surface area contributed by atoms with Crippen molar-refractivity contribution in [1.82, 2.24) is 10.6 Å². The van der Waals surface area contributed by atoms with Gasteiger partial charge in [-0.1, -0.05) is 47.0 Å². The summed E-state index contributed by atoms with van der Waals surface area (Å²) in [5.74, 6) is 0.618. The summed E-state index contributed by atoms with van der Waals surface area (Å²) in [6.45, 7) is 8.13. The number of carbonyl (C=O) groups excluding carboxylic acids is 2. The molecule has 4 nitrogen and oxygen atoms in total. The predicted octanol–water partition coefficient (Wildman–Crippen LogP) is 2.48. The Hall–Kier alpha value is -1.06. The van der Waals surface area contributed by atoms with Gasteiger partial charge in [0.15, 0.2) is 0 Å². The van der Waals surface area contributed by atoms with E-state index in [2.05, 4.69) is 10.6 Å². The van der Waals surface area contributed by atoms with Crippen LogP contribution in [-0.4, -0.2) is 24.4 Å². The van der Waals surface area contributed by atoms with Gasteiger partial charge in [-0.25, -0.2) is 0 Å². The Morgan fingerprint density at radius 1 is 0.950 bits per heavy atom. The summed E-state index contributed by atoms with van der Waals surface area (Å²) >= 11 is 0. The molecule has 0 aromatic rings. The van der Waals surface area contributed by atoms with E-state index < -0.39 is 0 Å². The summed E-state index contributed by atoms with van der Waals surface area (Å²) in [5.41, 5.74) is 0. The topological polar surface area (TPSA) is 58.2 Å². The van der Waals surface area contributed by atoms with E-state index in [1.165, 1.54) is 19.3 Å². The van der Waals surface area contributed by atoms with E-state index in [-0.39, 0.29) is 29.7 Å². The maximum atomic E-state index is 12.0. The van der Waals surface area contributed by atoms with Gasteiger partial charge in [0.2, 0.25) is 11.8 Å². The molecule has 0 bridgehead atoms. The fourth-order valence-corrected chi connectivity index (χ4v) is 2.64. The van der Waals surface area contributed by atoms with Gasteiger partial charge in [0.05, 0.1) is 0 Å². The molecule has 0 spiro atoms. The number of carbonyl (C=O) groups is 2. The van der Waals surface area contributed by atoms with Gasteiger partial charge in [-0.3, -0.25) is 9.59 Å². The molecule has 0 saturated heterocycles. The molecule has 0 heterocycles. The molecule has 0 aromatic carbocycles. The highest BCUT2D eigenvalue weighted by Gasteiger charge is 2.26. The number of rotatable bonds is 6. The van der Waals surface area contributed by atoms with Crippen LogP contribution in [0.5, 0.6) is 0 Å². The van der Waals surface area contributed by atoms with Crippen LogP contribution in [-0.2, 0) is 9.59 Å². The van der Waals surface area contributed by atoms with Gasteiger partial charge in [-0.15, -0.1) is 0 Å². The summed E-state index contributed by atoms with van der Waals surface area (Å²) in [4.78, 5) is 23.7. The molecule has 0 aromatic heterocycles. The Kier molecular flexibility index (Phi) is 7.03. The van der Waals surface area contributed by atoms with Crippen molar-refractivity contribution >= 4 is 11.8 Å². The Morgan fingerprint density at radius 2 is 1.50 bits per heavy atom. The zero-order chi connectivity index (χ0) is 15.1. The van der Waals surface area contributed by atoms with Gasteiger partial charge >= 0.3 is 0 Å². The van der Waals surface area contributed by atoms with Crippen molar-refractivity contribution in [3.8, 4) is 0 Å². The molecule has 1 fully saturated rings. The average Bonchev–Trinajstić information content (AvgIpc) is 2.43. The highest BCUT2D eigenvalue weighted by atomic mass is 16.2. The highest BCUT2D eigenvalue weighted by molar-refractivity contribution is 5.79. The molecule has 1 saturated carbocycles. The number of hydrogen-bond donors (Lipinski definition) is 2. The van der Waals surface area contributed by atoms with Gasteiger partial charge in [0.1, 0.15) is 0 Å². The summed E-state index contributed by atoms with van der Waals surface area (Å²) in [6, 6.07) is 0.0768. The molecule has 2 N–H and O–H groups in total. The fraction of sp³-hybridized carbons (Fsp3) is 0.875. The van der Waals surface area contributed by atoms with Crippen molar-refractivity contribution < 1.29 is 9.59 Å². The van der Waals surface area contributed by atoms with E-state index in [9.17, 15) is 9.59 Å². The van der Waals surface area contributed by atoms with Gasteiger partial charge in [-0.2, -0.15) is 0 Å². The van der Waals surface area contributed by atoms with Crippen LogP contribution < -0.4 is 10.6 Å². The Labute approximate surface area is 123 Å². The van der Waals surface area contributed by atoms with Crippen LogP contribution in [0.3, 0.4) is 0 Å². The highest BCUT2D eigenvalue weighted by Crippen LogP contribution is 2.26. The first-order valence-electron chi connectivity index (χ1n) is 8.00. The minimum absolute atomic E-state index is 0.0113. The second-order valence-corrected chi connectivity index (χ2v) is 6.57. The number of amides is 2. The molecule has 0 radical (unpaired) electrons. The molecule has 2 amide bonds. The molecule has 20 heavy (non-hydrogen) atoms. The predicted molar refractivity (Wildman–Crippen MR) is 81.2 cm³/mol. The van der Waals surface area contributed by atoms with Crippen molar-refractivity contribution in [2.45, 2.75) is 65.8 Å². The standard InChI is InChI=1S/C16H30N2O2/c1-11(2)15(19)17-10-14(18-16(20)12(3)4)13-8-6-5-7-9-13/h11-14H,5-10H2,1-4H3,(H,17,19)(H,18,20)/t14-/m0/s1. The molecule has 1 aliphatic rings. The van der Waals surface area contributed by atoms with Crippen LogP contribution in [0.2, 0.25) is 0 Å². The fourth-order valence-electron chi connectivity index (χ4n) is 2.64. The Morgan fingerprint density at radius 3 is 2.00 bits per heavy atom. The zero-order valence-electron chi connectivity index (χ0n) is 13.4. The lowest BCUT2D eigenvalue weighted by molar-refractivity contribution is -0.127. The molecular weight excluding hydrogens is 252 g/mol. The molecule has 0 aliphatic heterocycles. The van der Waals surface area contributed by atoms with Gasteiger partial charge < -0.3 is 10.6 Å². The first kappa shape index (κ1) is 17.0. The summed E-state index contributed by atoms with van der Waals surface area (Å²) in [5, 5.41) is 6.10. The molecule has 4 heteroatoms. The lowest BCUT2D eigenvalue weighted by Crippen LogP contribution is -2.50. The van der Waals surface area contributed by atoms with Crippen molar-refractivity contribution in [2.75, 3.05) is 6.54 Å². The maximum Gasteiger partial charge on any atom is 0.222 e. The average molecular weight is 282 g/mol. The monoisotopic (exact) mass is 282 g/mol. The van der Waals surface area contributed by atoms with Crippen LogP contribution in [0.15, 0.2) is 0 Å². The lowest BCUT2D eigenvalue weighted by atomic mass is 9.83. The van der Waals surface area contributed by atoms with Crippen molar-refractivity contribution in [3.05, 3.63) is 0 Å². The molecule has 1 atom stereocenters.